The van der Waals surface area contributed by atoms with Gasteiger partial charge in [0.1, 0.15) is 12.4 Å². The third-order valence-corrected chi connectivity index (χ3v) is 3.02. The summed E-state index contributed by atoms with van der Waals surface area (Å²) in [5, 5.41) is 15.4. The standard InChI is InChI=1S/C13H18N2O3/c1-13(8-14-9-13)18-7-12(17)15-6-10-4-2-3-5-11(10)16/h2-5,14,16H,6-9H2,1H3,(H,15,17). The fourth-order valence-corrected chi connectivity index (χ4v) is 1.72. The molecule has 1 amide bonds. The molecule has 1 aliphatic rings. The Hall–Kier alpha value is -1.59. The normalized spacial score (nSPS) is 16.9. The number of nitrogens with one attached hydrogen (secondary N) is 2. The Balaban J connectivity index is 1.73. The Kier molecular flexibility index (Phi) is 3.84. The number of aromatic hydroxyl groups is 1. The highest BCUT2D eigenvalue weighted by Gasteiger charge is 2.32. The number of benzene rings is 1. The van der Waals surface area contributed by atoms with Crippen molar-refractivity contribution >= 4 is 5.91 Å². The van der Waals surface area contributed by atoms with Crippen LogP contribution in [-0.2, 0) is 16.1 Å². The minimum absolute atomic E-state index is 0.0474. The summed E-state index contributed by atoms with van der Waals surface area (Å²) in [6.07, 6.45) is 0. The Morgan fingerprint density at radius 1 is 1.50 bits per heavy atom. The Labute approximate surface area is 106 Å². The van der Waals surface area contributed by atoms with Gasteiger partial charge in [-0.2, -0.15) is 0 Å². The van der Waals surface area contributed by atoms with Crippen molar-refractivity contribution in [1.29, 1.82) is 0 Å². The molecule has 18 heavy (non-hydrogen) atoms. The molecule has 0 unspecified atom stereocenters. The Bertz CT molecular complexity index is 430. The van der Waals surface area contributed by atoms with E-state index in [1.807, 2.05) is 13.0 Å². The van der Waals surface area contributed by atoms with Crippen molar-refractivity contribution in [1.82, 2.24) is 10.6 Å². The smallest absolute Gasteiger partial charge is 0.246 e. The topological polar surface area (TPSA) is 70.6 Å². The second kappa shape index (κ2) is 5.37. The molecule has 0 saturated carbocycles. The van der Waals surface area contributed by atoms with Gasteiger partial charge in [-0.05, 0) is 13.0 Å². The zero-order chi connectivity index (χ0) is 13.0. The summed E-state index contributed by atoms with van der Waals surface area (Å²) in [5.74, 6) is 0.0141. The second-order valence-electron chi connectivity index (χ2n) is 4.75. The predicted octanol–water partition coefficient (Wildman–Crippen LogP) is 0.387. The van der Waals surface area contributed by atoms with Crippen LogP contribution in [0.2, 0.25) is 0 Å². The molecule has 2 rings (SSSR count). The number of hydrogen-bond acceptors (Lipinski definition) is 4. The summed E-state index contributed by atoms with van der Waals surface area (Å²) >= 11 is 0. The molecule has 5 heteroatoms. The van der Waals surface area contributed by atoms with Crippen LogP contribution in [0.5, 0.6) is 5.75 Å². The van der Waals surface area contributed by atoms with Gasteiger partial charge in [-0.1, -0.05) is 18.2 Å². The number of phenols is 1. The van der Waals surface area contributed by atoms with Crippen LogP contribution in [0.25, 0.3) is 0 Å². The highest BCUT2D eigenvalue weighted by atomic mass is 16.5. The first-order chi connectivity index (χ1) is 8.59. The van der Waals surface area contributed by atoms with Gasteiger partial charge in [-0.15, -0.1) is 0 Å². The van der Waals surface area contributed by atoms with E-state index >= 15 is 0 Å². The molecule has 1 aliphatic heterocycles. The quantitative estimate of drug-likeness (QED) is 0.707. The fraction of sp³-hybridized carbons (Fsp3) is 0.462. The highest BCUT2D eigenvalue weighted by molar-refractivity contribution is 5.77. The van der Waals surface area contributed by atoms with Gasteiger partial charge >= 0.3 is 0 Å². The van der Waals surface area contributed by atoms with Crippen molar-refractivity contribution in [2.45, 2.75) is 19.1 Å². The number of rotatable bonds is 5. The molecule has 1 saturated heterocycles. The number of carbonyl (C=O) groups is 1. The lowest BCUT2D eigenvalue weighted by Gasteiger charge is -2.38. The van der Waals surface area contributed by atoms with E-state index < -0.39 is 0 Å². The number of amides is 1. The van der Waals surface area contributed by atoms with Crippen LogP contribution in [0, 0.1) is 0 Å². The first kappa shape index (κ1) is 12.9. The molecule has 1 aromatic carbocycles. The third kappa shape index (κ3) is 3.21. The predicted molar refractivity (Wildman–Crippen MR) is 67.2 cm³/mol. The van der Waals surface area contributed by atoms with E-state index in [2.05, 4.69) is 10.6 Å². The molecular weight excluding hydrogens is 232 g/mol. The molecule has 0 bridgehead atoms. The summed E-state index contributed by atoms with van der Waals surface area (Å²) in [4.78, 5) is 11.6. The summed E-state index contributed by atoms with van der Waals surface area (Å²) in [6, 6.07) is 6.93. The molecule has 0 radical (unpaired) electrons. The van der Waals surface area contributed by atoms with Gasteiger partial charge in [0.25, 0.3) is 0 Å². The molecule has 1 fully saturated rings. The summed E-state index contributed by atoms with van der Waals surface area (Å²) in [6.45, 7) is 3.88. The van der Waals surface area contributed by atoms with E-state index in [4.69, 9.17) is 4.74 Å². The molecule has 1 aromatic rings. The lowest BCUT2D eigenvalue weighted by Crippen LogP contribution is -2.59. The summed E-state index contributed by atoms with van der Waals surface area (Å²) in [5.41, 5.74) is 0.481. The zero-order valence-corrected chi connectivity index (χ0v) is 10.4. The lowest BCUT2D eigenvalue weighted by atomic mass is 10.0. The largest absolute Gasteiger partial charge is 0.508 e. The van der Waals surface area contributed by atoms with E-state index in [1.54, 1.807) is 18.2 Å². The van der Waals surface area contributed by atoms with Crippen LogP contribution in [0.3, 0.4) is 0 Å². The SMILES string of the molecule is CC1(OCC(=O)NCc2ccccc2O)CNC1. The number of hydrogen-bond donors (Lipinski definition) is 3. The average molecular weight is 250 g/mol. The first-order valence-corrected chi connectivity index (χ1v) is 5.97. The summed E-state index contributed by atoms with van der Waals surface area (Å²) < 4.78 is 5.51. The van der Waals surface area contributed by atoms with Gasteiger partial charge in [0, 0.05) is 25.2 Å². The fourth-order valence-electron chi connectivity index (χ4n) is 1.72. The number of ether oxygens (including phenoxy) is 1. The lowest BCUT2D eigenvalue weighted by molar-refractivity contribution is -0.136. The van der Waals surface area contributed by atoms with Gasteiger partial charge in [0.15, 0.2) is 0 Å². The highest BCUT2D eigenvalue weighted by Crippen LogP contribution is 2.16. The Morgan fingerprint density at radius 2 is 2.22 bits per heavy atom. The van der Waals surface area contributed by atoms with Gasteiger partial charge < -0.3 is 20.5 Å². The monoisotopic (exact) mass is 250 g/mol. The maximum atomic E-state index is 11.6. The number of phenolic OH excluding ortho intramolecular Hbond substituents is 1. The first-order valence-electron chi connectivity index (χ1n) is 5.97. The van der Waals surface area contributed by atoms with Crippen LogP contribution in [0.4, 0.5) is 0 Å². The molecular formula is C13H18N2O3. The zero-order valence-electron chi connectivity index (χ0n) is 10.4. The van der Waals surface area contributed by atoms with Gasteiger partial charge in [-0.25, -0.2) is 0 Å². The van der Waals surface area contributed by atoms with Gasteiger partial charge in [-0.3, -0.25) is 4.79 Å². The van der Waals surface area contributed by atoms with E-state index in [-0.39, 0.29) is 23.9 Å². The second-order valence-corrected chi connectivity index (χ2v) is 4.75. The maximum Gasteiger partial charge on any atom is 0.246 e. The van der Waals surface area contributed by atoms with Gasteiger partial charge in [0.05, 0.1) is 5.60 Å². The van der Waals surface area contributed by atoms with Crippen LogP contribution < -0.4 is 10.6 Å². The molecule has 0 atom stereocenters. The molecule has 0 spiro atoms. The third-order valence-electron chi connectivity index (χ3n) is 3.02. The van der Waals surface area contributed by atoms with Crippen LogP contribution in [-0.4, -0.2) is 36.3 Å². The van der Waals surface area contributed by atoms with Crippen molar-refractivity contribution in [2.24, 2.45) is 0 Å². The number of carbonyl (C=O) groups excluding carboxylic acids is 1. The molecule has 5 nitrogen and oxygen atoms in total. The molecule has 0 aliphatic carbocycles. The minimum atomic E-state index is -0.216. The maximum absolute atomic E-state index is 11.6. The van der Waals surface area contributed by atoms with E-state index in [0.717, 1.165) is 13.1 Å². The van der Waals surface area contributed by atoms with Crippen molar-refractivity contribution in [3.05, 3.63) is 29.8 Å². The van der Waals surface area contributed by atoms with E-state index in [9.17, 15) is 9.90 Å². The van der Waals surface area contributed by atoms with Crippen molar-refractivity contribution in [2.75, 3.05) is 19.7 Å². The molecule has 98 valence electrons. The molecule has 3 N–H and O–H groups in total. The number of para-hydroxylation sites is 1. The molecule has 1 heterocycles. The van der Waals surface area contributed by atoms with Crippen LogP contribution in [0.1, 0.15) is 12.5 Å². The van der Waals surface area contributed by atoms with E-state index in [1.165, 1.54) is 0 Å². The van der Waals surface area contributed by atoms with Gasteiger partial charge in [0.2, 0.25) is 5.91 Å². The molecule has 0 aromatic heterocycles. The van der Waals surface area contributed by atoms with Crippen molar-refractivity contribution in [3.8, 4) is 5.75 Å². The minimum Gasteiger partial charge on any atom is -0.508 e. The van der Waals surface area contributed by atoms with E-state index in [0.29, 0.717) is 12.1 Å². The van der Waals surface area contributed by atoms with Crippen LogP contribution >= 0.6 is 0 Å². The average Bonchev–Trinajstić information content (AvgIpc) is 2.33. The van der Waals surface area contributed by atoms with Crippen molar-refractivity contribution in [3.63, 3.8) is 0 Å². The Morgan fingerprint density at radius 3 is 2.83 bits per heavy atom. The van der Waals surface area contributed by atoms with Crippen molar-refractivity contribution < 1.29 is 14.6 Å². The summed E-state index contributed by atoms with van der Waals surface area (Å²) in [7, 11) is 0. The van der Waals surface area contributed by atoms with Crippen LogP contribution in [0.15, 0.2) is 24.3 Å².